The van der Waals surface area contributed by atoms with Crippen LogP contribution < -0.4 is 5.73 Å². The van der Waals surface area contributed by atoms with Crippen molar-refractivity contribution in [2.45, 2.75) is 13.8 Å². The van der Waals surface area contributed by atoms with Gasteiger partial charge in [-0.05, 0) is 19.9 Å². The van der Waals surface area contributed by atoms with Gasteiger partial charge in [0.1, 0.15) is 17.2 Å². The molecule has 0 spiro atoms. The fourth-order valence-electron chi connectivity index (χ4n) is 1.43. The fourth-order valence-corrected chi connectivity index (χ4v) is 1.43. The van der Waals surface area contributed by atoms with Crippen molar-refractivity contribution in [2.24, 2.45) is 5.73 Å². The van der Waals surface area contributed by atoms with Crippen molar-refractivity contribution >= 4 is 16.9 Å². The van der Waals surface area contributed by atoms with Gasteiger partial charge in [0.15, 0.2) is 0 Å². The standard InChI is InChI=1S/C9H10N4O/c1-4-6-3-7(8(10)14)13-9(6)12-5(2)11-4/h3H,1-2H3,(H2,10,14)(H,11,12,13). The van der Waals surface area contributed by atoms with Gasteiger partial charge in [-0.2, -0.15) is 0 Å². The van der Waals surface area contributed by atoms with Crippen LogP contribution in [0.5, 0.6) is 0 Å². The lowest BCUT2D eigenvalue weighted by Crippen LogP contribution is -2.10. The van der Waals surface area contributed by atoms with Crippen LogP contribution in [0.2, 0.25) is 0 Å². The molecule has 2 aromatic rings. The predicted molar refractivity (Wildman–Crippen MR) is 51.9 cm³/mol. The highest BCUT2D eigenvalue weighted by molar-refractivity contribution is 5.96. The van der Waals surface area contributed by atoms with Crippen LogP contribution in [0, 0.1) is 13.8 Å². The summed E-state index contributed by atoms with van der Waals surface area (Å²) in [6.45, 7) is 3.67. The molecule has 3 N–H and O–H groups in total. The first-order valence-electron chi connectivity index (χ1n) is 4.21. The van der Waals surface area contributed by atoms with E-state index < -0.39 is 5.91 Å². The number of primary amides is 1. The first-order valence-corrected chi connectivity index (χ1v) is 4.21. The molecule has 0 atom stereocenters. The summed E-state index contributed by atoms with van der Waals surface area (Å²) >= 11 is 0. The molecule has 0 saturated heterocycles. The second-order valence-electron chi connectivity index (χ2n) is 3.17. The van der Waals surface area contributed by atoms with Crippen LogP contribution in [0.3, 0.4) is 0 Å². The van der Waals surface area contributed by atoms with Crippen LogP contribution >= 0.6 is 0 Å². The van der Waals surface area contributed by atoms with Crippen molar-refractivity contribution in [3.8, 4) is 0 Å². The van der Waals surface area contributed by atoms with Crippen LogP contribution in [-0.2, 0) is 0 Å². The second kappa shape index (κ2) is 2.80. The third-order valence-electron chi connectivity index (χ3n) is 2.06. The number of amides is 1. The van der Waals surface area contributed by atoms with E-state index >= 15 is 0 Å². The third kappa shape index (κ3) is 1.22. The van der Waals surface area contributed by atoms with E-state index in [2.05, 4.69) is 15.0 Å². The zero-order valence-electron chi connectivity index (χ0n) is 7.96. The molecular weight excluding hydrogens is 180 g/mol. The van der Waals surface area contributed by atoms with Crippen molar-refractivity contribution < 1.29 is 4.79 Å². The number of aromatic amines is 1. The van der Waals surface area contributed by atoms with E-state index in [9.17, 15) is 4.79 Å². The summed E-state index contributed by atoms with van der Waals surface area (Å²) in [5, 5.41) is 0.837. The number of nitrogens with one attached hydrogen (secondary N) is 1. The zero-order valence-corrected chi connectivity index (χ0v) is 7.96. The van der Waals surface area contributed by atoms with Crippen LogP contribution in [0.15, 0.2) is 6.07 Å². The van der Waals surface area contributed by atoms with Gasteiger partial charge in [0.2, 0.25) is 0 Å². The van der Waals surface area contributed by atoms with Crippen LogP contribution in [0.25, 0.3) is 11.0 Å². The van der Waals surface area contributed by atoms with Gasteiger partial charge in [-0.15, -0.1) is 0 Å². The molecule has 0 aromatic carbocycles. The van der Waals surface area contributed by atoms with Crippen molar-refractivity contribution in [3.05, 3.63) is 23.3 Å². The van der Waals surface area contributed by atoms with Crippen molar-refractivity contribution in [1.29, 1.82) is 0 Å². The number of carbonyl (C=O) groups excluding carboxylic acids is 1. The number of hydrogen-bond acceptors (Lipinski definition) is 3. The summed E-state index contributed by atoms with van der Waals surface area (Å²) in [7, 11) is 0. The molecule has 5 heteroatoms. The van der Waals surface area contributed by atoms with Crippen molar-refractivity contribution in [2.75, 3.05) is 0 Å². The van der Waals surface area contributed by atoms with Gasteiger partial charge in [-0.3, -0.25) is 4.79 Å². The van der Waals surface area contributed by atoms with Crippen LogP contribution in [0.4, 0.5) is 0 Å². The average molecular weight is 190 g/mol. The Hall–Kier alpha value is -1.91. The molecule has 2 rings (SSSR count). The lowest BCUT2D eigenvalue weighted by Gasteiger charge is -1.95. The Bertz CT molecular complexity index is 515. The topological polar surface area (TPSA) is 84.7 Å². The molecule has 0 aliphatic heterocycles. The number of nitrogens with two attached hydrogens (primary N) is 1. The van der Waals surface area contributed by atoms with Gasteiger partial charge < -0.3 is 10.7 Å². The Morgan fingerprint density at radius 3 is 2.79 bits per heavy atom. The first-order chi connectivity index (χ1) is 6.58. The minimum Gasteiger partial charge on any atom is -0.364 e. The summed E-state index contributed by atoms with van der Waals surface area (Å²) in [4.78, 5) is 22.1. The van der Waals surface area contributed by atoms with Gasteiger partial charge in [-0.25, -0.2) is 9.97 Å². The van der Waals surface area contributed by atoms with Gasteiger partial charge in [-0.1, -0.05) is 0 Å². The quantitative estimate of drug-likeness (QED) is 0.693. The monoisotopic (exact) mass is 190 g/mol. The molecule has 0 radical (unpaired) electrons. The van der Waals surface area contributed by atoms with Gasteiger partial charge in [0, 0.05) is 5.39 Å². The summed E-state index contributed by atoms with van der Waals surface area (Å²) in [6.07, 6.45) is 0. The van der Waals surface area contributed by atoms with E-state index in [-0.39, 0.29) is 0 Å². The highest BCUT2D eigenvalue weighted by atomic mass is 16.1. The summed E-state index contributed by atoms with van der Waals surface area (Å²) in [6, 6.07) is 1.67. The molecule has 0 aliphatic rings. The molecule has 2 heterocycles. The van der Waals surface area contributed by atoms with E-state index in [0.29, 0.717) is 17.2 Å². The van der Waals surface area contributed by atoms with E-state index in [1.54, 1.807) is 13.0 Å². The molecule has 14 heavy (non-hydrogen) atoms. The number of aromatic nitrogens is 3. The SMILES string of the molecule is Cc1nc(C)c2cc(C(N)=O)[nH]c2n1. The molecule has 72 valence electrons. The number of hydrogen-bond donors (Lipinski definition) is 2. The fraction of sp³-hybridized carbons (Fsp3) is 0.222. The summed E-state index contributed by atoms with van der Waals surface area (Å²) in [5.41, 5.74) is 7.01. The molecule has 2 aromatic heterocycles. The number of rotatable bonds is 1. The number of H-pyrrole nitrogens is 1. The van der Waals surface area contributed by atoms with Crippen molar-refractivity contribution in [3.63, 3.8) is 0 Å². The number of carbonyl (C=O) groups is 1. The Kier molecular flexibility index (Phi) is 1.73. The highest BCUT2D eigenvalue weighted by Gasteiger charge is 2.09. The summed E-state index contributed by atoms with van der Waals surface area (Å²) < 4.78 is 0. The van der Waals surface area contributed by atoms with E-state index in [1.807, 2.05) is 6.92 Å². The third-order valence-corrected chi connectivity index (χ3v) is 2.06. The normalized spacial score (nSPS) is 10.7. The zero-order chi connectivity index (χ0) is 10.3. The molecule has 0 aliphatic carbocycles. The molecular formula is C9H10N4O. The number of fused-ring (bicyclic) bond motifs is 1. The van der Waals surface area contributed by atoms with Gasteiger partial charge in [0.25, 0.3) is 5.91 Å². The second-order valence-corrected chi connectivity index (χ2v) is 3.17. The largest absolute Gasteiger partial charge is 0.364 e. The van der Waals surface area contributed by atoms with E-state index in [4.69, 9.17) is 5.73 Å². The number of nitrogens with zero attached hydrogens (tertiary/aromatic N) is 2. The predicted octanol–water partition coefficient (Wildman–Crippen LogP) is 0.674. The summed E-state index contributed by atoms with van der Waals surface area (Å²) in [5.74, 6) is 0.188. The van der Waals surface area contributed by atoms with Crippen LogP contribution in [-0.4, -0.2) is 20.9 Å². The van der Waals surface area contributed by atoms with Crippen molar-refractivity contribution in [1.82, 2.24) is 15.0 Å². The maximum atomic E-state index is 10.9. The molecule has 1 amide bonds. The maximum Gasteiger partial charge on any atom is 0.265 e. The number of aryl methyl sites for hydroxylation is 2. The molecule has 0 bridgehead atoms. The minimum absolute atomic E-state index is 0.364. The Morgan fingerprint density at radius 2 is 2.14 bits per heavy atom. The Labute approximate surface area is 80.4 Å². The van der Waals surface area contributed by atoms with Gasteiger partial charge >= 0.3 is 0 Å². The molecule has 5 nitrogen and oxygen atoms in total. The maximum absolute atomic E-state index is 10.9. The van der Waals surface area contributed by atoms with Crippen LogP contribution in [0.1, 0.15) is 22.0 Å². The van der Waals surface area contributed by atoms with E-state index in [0.717, 1.165) is 11.1 Å². The Morgan fingerprint density at radius 1 is 1.43 bits per heavy atom. The molecule has 0 unspecified atom stereocenters. The molecule has 0 saturated carbocycles. The molecule has 0 fully saturated rings. The van der Waals surface area contributed by atoms with E-state index in [1.165, 1.54) is 0 Å². The smallest absolute Gasteiger partial charge is 0.265 e. The minimum atomic E-state index is -0.486. The highest BCUT2D eigenvalue weighted by Crippen LogP contribution is 2.15. The first kappa shape index (κ1) is 8.68. The lowest BCUT2D eigenvalue weighted by atomic mass is 10.3. The lowest BCUT2D eigenvalue weighted by molar-refractivity contribution is 0.0996. The average Bonchev–Trinajstić information content (AvgIpc) is 2.47. The Balaban J connectivity index is 2.76. The van der Waals surface area contributed by atoms with Gasteiger partial charge in [0.05, 0.1) is 5.69 Å².